The zero-order chi connectivity index (χ0) is 27.1. The summed E-state index contributed by atoms with van der Waals surface area (Å²) in [5.74, 6) is -1.52. The number of ether oxygens (including phenoxy) is 2. The quantitative estimate of drug-likeness (QED) is 0.367. The summed E-state index contributed by atoms with van der Waals surface area (Å²) < 4.78 is 9.91. The van der Waals surface area contributed by atoms with Crippen molar-refractivity contribution in [3.05, 3.63) is 36.9 Å². The van der Waals surface area contributed by atoms with E-state index in [1.165, 1.54) is 0 Å². The highest BCUT2D eigenvalue weighted by atomic mass is 32.2. The van der Waals surface area contributed by atoms with E-state index in [1.54, 1.807) is 53.8 Å². The second-order valence-electron chi connectivity index (χ2n) is 10.5. The molecule has 3 aliphatic heterocycles. The predicted octanol–water partition coefficient (Wildman–Crippen LogP) is 3.13. The SMILES string of the molecule is C=CCN(C(=O)C1N([C@@H](CO)C(C)C)C(=O)[C@@H]2[C@@H](C(=O)OCC)[C@H]3CC(C)C12S3)c1ccc(OC)cc1. The number of hydrogen-bond acceptors (Lipinski definition) is 7. The molecule has 3 aliphatic rings. The van der Waals surface area contributed by atoms with E-state index in [1.807, 2.05) is 26.0 Å². The molecule has 3 heterocycles. The summed E-state index contributed by atoms with van der Waals surface area (Å²) in [7, 11) is 1.58. The lowest BCUT2D eigenvalue weighted by Gasteiger charge is -2.42. The molecule has 1 aromatic rings. The molecule has 0 aliphatic carbocycles. The van der Waals surface area contributed by atoms with Crippen LogP contribution in [0.1, 0.15) is 34.1 Å². The topological polar surface area (TPSA) is 96.4 Å². The Labute approximate surface area is 223 Å². The lowest BCUT2D eigenvalue weighted by atomic mass is 9.66. The number of benzene rings is 1. The molecule has 3 saturated heterocycles. The van der Waals surface area contributed by atoms with Gasteiger partial charge in [-0.2, -0.15) is 0 Å². The van der Waals surface area contributed by atoms with Gasteiger partial charge in [0.25, 0.3) is 5.91 Å². The van der Waals surface area contributed by atoms with E-state index in [9.17, 15) is 19.5 Å². The number of fused-ring (bicyclic) bond motifs is 1. The monoisotopic (exact) mass is 530 g/mol. The third kappa shape index (κ3) is 4.24. The summed E-state index contributed by atoms with van der Waals surface area (Å²) in [6.45, 7) is 11.8. The molecule has 9 heteroatoms. The molecule has 1 aromatic carbocycles. The van der Waals surface area contributed by atoms with Crippen molar-refractivity contribution < 1.29 is 29.0 Å². The lowest BCUT2D eigenvalue weighted by Crippen LogP contribution is -2.60. The fourth-order valence-electron chi connectivity index (χ4n) is 6.58. The average Bonchev–Trinajstić information content (AvgIpc) is 3.47. The molecule has 7 atom stereocenters. The summed E-state index contributed by atoms with van der Waals surface area (Å²) in [4.78, 5) is 45.2. The standard InChI is InChI=1S/C28H38N2O6S/c1-7-13-29(18-9-11-19(35-6)12-10-18)26(33)24-28-17(5)14-21(37-28)22(27(34)36-8-2)23(28)25(32)30(24)20(15-31)16(3)4/h7,9-12,16-17,20-24,31H,1,8,13-15H2,2-6H3/t17?,20-,21+,22-,23-,24?,28?/m0/s1. The largest absolute Gasteiger partial charge is 0.497 e. The number of rotatable bonds is 10. The van der Waals surface area contributed by atoms with Gasteiger partial charge < -0.3 is 24.4 Å². The Morgan fingerprint density at radius 1 is 1.32 bits per heavy atom. The number of anilines is 1. The summed E-state index contributed by atoms with van der Waals surface area (Å²) in [6, 6.07) is 5.81. The highest BCUT2D eigenvalue weighted by Crippen LogP contribution is 2.69. The summed E-state index contributed by atoms with van der Waals surface area (Å²) >= 11 is 1.60. The van der Waals surface area contributed by atoms with Crippen molar-refractivity contribution in [1.82, 2.24) is 4.90 Å². The first-order valence-electron chi connectivity index (χ1n) is 13.0. The molecule has 2 bridgehead atoms. The molecule has 0 radical (unpaired) electrons. The van der Waals surface area contributed by atoms with Crippen LogP contribution in [-0.4, -0.2) is 76.7 Å². The van der Waals surface area contributed by atoms with Crippen molar-refractivity contribution in [2.45, 2.75) is 56.2 Å². The van der Waals surface area contributed by atoms with Gasteiger partial charge in [-0.3, -0.25) is 14.4 Å². The van der Waals surface area contributed by atoms with E-state index in [0.29, 0.717) is 11.4 Å². The molecular weight excluding hydrogens is 492 g/mol. The Morgan fingerprint density at radius 3 is 2.54 bits per heavy atom. The van der Waals surface area contributed by atoms with Crippen LogP contribution < -0.4 is 9.64 Å². The Bertz CT molecular complexity index is 1050. The minimum atomic E-state index is -0.837. The van der Waals surface area contributed by atoms with Gasteiger partial charge in [-0.25, -0.2) is 0 Å². The first-order chi connectivity index (χ1) is 17.7. The Hall–Kier alpha value is -2.52. The van der Waals surface area contributed by atoms with E-state index < -0.39 is 28.7 Å². The van der Waals surface area contributed by atoms with Gasteiger partial charge in [-0.05, 0) is 49.4 Å². The summed E-state index contributed by atoms with van der Waals surface area (Å²) in [6.07, 6.45) is 2.39. The van der Waals surface area contributed by atoms with E-state index in [-0.39, 0.29) is 54.6 Å². The van der Waals surface area contributed by atoms with Crippen LogP contribution in [0.25, 0.3) is 0 Å². The van der Waals surface area contributed by atoms with Crippen molar-refractivity contribution >= 4 is 35.2 Å². The van der Waals surface area contributed by atoms with Crippen LogP contribution >= 0.6 is 11.8 Å². The van der Waals surface area contributed by atoms with Crippen molar-refractivity contribution in [1.29, 1.82) is 0 Å². The third-order valence-corrected chi connectivity index (χ3v) is 10.3. The van der Waals surface area contributed by atoms with Crippen molar-refractivity contribution in [2.75, 3.05) is 31.8 Å². The predicted molar refractivity (Wildman–Crippen MR) is 143 cm³/mol. The zero-order valence-electron chi connectivity index (χ0n) is 22.3. The van der Waals surface area contributed by atoms with Gasteiger partial charge in [-0.15, -0.1) is 18.3 Å². The molecular formula is C28H38N2O6S. The molecule has 0 saturated carbocycles. The Kier molecular flexibility index (Phi) is 7.95. The molecule has 4 rings (SSSR count). The number of aliphatic hydroxyl groups is 1. The minimum Gasteiger partial charge on any atom is -0.497 e. The van der Waals surface area contributed by atoms with Crippen LogP contribution in [0.2, 0.25) is 0 Å². The fourth-order valence-corrected chi connectivity index (χ4v) is 8.97. The maximum Gasteiger partial charge on any atom is 0.310 e. The lowest BCUT2D eigenvalue weighted by molar-refractivity contribution is -0.154. The van der Waals surface area contributed by atoms with Gasteiger partial charge in [0.05, 0.1) is 42.9 Å². The summed E-state index contributed by atoms with van der Waals surface area (Å²) in [5.41, 5.74) is 0.662. The molecule has 0 aromatic heterocycles. The number of likely N-dealkylation sites (tertiary alicyclic amines) is 1. The number of aliphatic hydroxyl groups excluding tert-OH is 1. The van der Waals surface area contributed by atoms with Crippen LogP contribution in [0.4, 0.5) is 5.69 Å². The number of methoxy groups -OCH3 is 1. The maximum atomic E-state index is 14.6. The van der Waals surface area contributed by atoms with Gasteiger partial charge >= 0.3 is 5.97 Å². The highest BCUT2D eigenvalue weighted by molar-refractivity contribution is 8.02. The normalized spacial score (nSPS) is 30.8. The smallest absolute Gasteiger partial charge is 0.310 e. The van der Waals surface area contributed by atoms with Crippen LogP contribution in [0.3, 0.4) is 0 Å². The van der Waals surface area contributed by atoms with Crippen molar-refractivity contribution in [3.63, 3.8) is 0 Å². The number of amides is 2. The number of thioether (sulfide) groups is 1. The summed E-state index contributed by atoms with van der Waals surface area (Å²) in [5, 5.41) is 10.3. The fraction of sp³-hybridized carbons (Fsp3) is 0.607. The molecule has 37 heavy (non-hydrogen) atoms. The van der Waals surface area contributed by atoms with Crippen LogP contribution in [0.15, 0.2) is 36.9 Å². The molecule has 2 amide bonds. The minimum absolute atomic E-state index is 0.0223. The van der Waals surface area contributed by atoms with E-state index in [0.717, 1.165) is 6.42 Å². The second kappa shape index (κ2) is 10.7. The first kappa shape index (κ1) is 27.5. The van der Waals surface area contributed by atoms with Gasteiger partial charge in [-0.1, -0.05) is 26.8 Å². The number of esters is 1. The van der Waals surface area contributed by atoms with Crippen LogP contribution in [0.5, 0.6) is 5.75 Å². The van der Waals surface area contributed by atoms with Crippen molar-refractivity contribution in [2.24, 2.45) is 23.7 Å². The number of carbonyl (C=O) groups excluding carboxylic acids is 3. The number of carbonyl (C=O) groups is 3. The van der Waals surface area contributed by atoms with Gasteiger partial charge in [0.1, 0.15) is 11.8 Å². The Morgan fingerprint density at radius 2 is 2.00 bits per heavy atom. The van der Waals surface area contributed by atoms with E-state index in [2.05, 4.69) is 13.5 Å². The number of nitrogens with zero attached hydrogens (tertiary/aromatic N) is 2. The van der Waals surface area contributed by atoms with Gasteiger partial charge in [0.2, 0.25) is 5.91 Å². The van der Waals surface area contributed by atoms with Gasteiger partial charge in [0, 0.05) is 17.5 Å². The Balaban J connectivity index is 1.85. The first-order valence-corrected chi connectivity index (χ1v) is 13.9. The highest BCUT2D eigenvalue weighted by Gasteiger charge is 2.77. The molecule has 1 N–H and O–H groups in total. The number of hydrogen-bond donors (Lipinski definition) is 1. The molecule has 1 spiro atoms. The molecule has 202 valence electrons. The van der Waals surface area contributed by atoms with Gasteiger partial charge in [0.15, 0.2) is 0 Å². The second-order valence-corrected chi connectivity index (χ2v) is 12.0. The molecule has 3 unspecified atom stereocenters. The third-order valence-electron chi connectivity index (χ3n) is 8.25. The maximum absolute atomic E-state index is 14.6. The van der Waals surface area contributed by atoms with Crippen molar-refractivity contribution in [3.8, 4) is 5.75 Å². The molecule has 3 fully saturated rings. The zero-order valence-corrected chi connectivity index (χ0v) is 23.1. The van der Waals surface area contributed by atoms with E-state index >= 15 is 0 Å². The van der Waals surface area contributed by atoms with Crippen LogP contribution in [-0.2, 0) is 19.1 Å². The molecule has 8 nitrogen and oxygen atoms in total. The van der Waals surface area contributed by atoms with E-state index in [4.69, 9.17) is 9.47 Å². The average molecular weight is 531 g/mol. The van der Waals surface area contributed by atoms with Crippen LogP contribution in [0, 0.1) is 23.7 Å².